The van der Waals surface area contributed by atoms with E-state index in [9.17, 15) is 4.79 Å². The molecule has 0 aliphatic rings. The minimum atomic E-state index is 0.00145. The van der Waals surface area contributed by atoms with Crippen LogP contribution in [0.2, 0.25) is 0 Å². The maximum absolute atomic E-state index is 11.3. The molecule has 0 aliphatic carbocycles. The topological polar surface area (TPSA) is 64.3 Å². The molecule has 4 nitrogen and oxygen atoms in total. The molecule has 0 fully saturated rings. The molecule has 100 valence electrons. The second-order valence-corrected chi connectivity index (χ2v) is 4.88. The summed E-state index contributed by atoms with van der Waals surface area (Å²) < 4.78 is 6.65. The molecule has 1 aromatic rings. The minimum absolute atomic E-state index is 0.00145. The number of carbonyl (C=O) groups is 1. The highest BCUT2D eigenvalue weighted by molar-refractivity contribution is 9.10. The van der Waals surface area contributed by atoms with Gasteiger partial charge in [-0.3, -0.25) is 4.79 Å². The SMILES string of the molecule is CCNC(=O)CCOc1c(C)cc(Br)cc1CN. The Bertz CT molecular complexity index is 422. The van der Waals surface area contributed by atoms with Gasteiger partial charge < -0.3 is 15.8 Å². The number of hydrogen-bond donors (Lipinski definition) is 2. The monoisotopic (exact) mass is 314 g/mol. The number of nitrogens with one attached hydrogen (secondary N) is 1. The van der Waals surface area contributed by atoms with Crippen LogP contribution in [-0.4, -0.2) is 19.1 Å². The van der Waals surface area contributed by atoms with Crippen LogP contribution in [0.25, 0.3) is 0 Å². The van der Waals surface area contributed by atoms with Crippen molar-refractivity contribution in [2.45, 2.75) is 26.8 Å². The van der Waals surface area contributed by atoms with Gasteiger partial charge in [0.25, 0.3) is 0 Å². The Balaban J connectivity index is 2.64. The lowest BCUT2D eigenvalue weighted by molar-refractivity contribution is -0.121. The highest BCUT2D eigenvalue weighted by atomic mass is 79.9. The van der Waals surface area contributed by atoms with E-state index >= 15 is 0 Å². The van der Waals surface area contributed by atoms with E-state index in [0.29, 0.717) is 26.1 Å². The quantitative estimate of drug-likeness (QED) is 0.845. The lowest BCUT2D eigenvalue weighted by Gasteiger charge is -2.13. The van der Waals surface area contributed by atoms with Crippen LogP contribution >= 0.6 is 15.9 Å². The number of ether oxygens (including phenoxy) is 1. The number of aryl methyl sites for hydroxylation is 1. The molecule has 0 saturated heterocycles. The molecule has 0 unspecified atom stereocenters. The Kier molecular flexibility index (Phi) is 6.15. The molecule has 0 heterocycles. The molecule has 0 atom stereocenters. The number of nitrogens with two attached hydrogens (primary N) is 1. The number of halogens is 1. The zero-order valence-corrected chi connectivity index (χ0v) is 12.3. The van der Waals surface area contributed by atoms with Crippen molar-refractivity contribution in [3.05, 3.63) is 27.7 Å². The summed E-state index contributed by atoms with van der Waals surface area (Å²) in [4.78, 5) is 11.3. The molecule has 0 radical (unpaired) electrons. The summed E-state index contributed by atoms with van der Waals surface area (Å²) in [6.45, 7) is 5.28. The van der Waals surface area contributed by atoms with E-state index in [1.165, 1.54) is 0 Å². The summed E-state index contributed by atoms with van der Waals surface area (Å²) in [5, 5.41) is 2.73. The smallest absolute Gasteiger partial charge is 0.223 e. The molecule has 1 rings (SSSR count). The highest BCUT2D eigenvalue weighted by Gasteiger charge is 2.08. The molecule has 0 spiro atoms. The van der Waals surface area contributed by atoms with E-state index in [1.807, 2.05) is 26.0 Å². The van der Waals surface area contributed by atoms with Crippen LogP contribution in [0.1, 0.15) is 24.5 Å². The summed E-state index contributed by atoms with van der Waals surface area (Å²) >= 11 is 3.42. The van der Waals surface area contributed by atoms with Gasteiger partial charge in [-0.05, 0) is 31.5 Å². The molecule has 0 bridgehead atoms. The lowest BCUT2D eigenvalue weighted by atomic mass is 10.1. The number of rotatable bonds is 6. The molecule has 0 aromatic heterocycles. The van der Waals surface area contributed by atoms with Gasteiger partial charge in [0.15, 0.2) is 0 Å². The molecule has 0 aliphatic heterocycles. The van der Waals surface area contributed by atoms with E-state index in [0.717, 1.165) is 21.3 Å². The molecule has 5 heteroatoms. The number of carbonyl (C=O) groups excluding carboxylic acids is 1. The minimum Gasteiger partial charge on any atom is -0.492 e. The maximum atomic E-state index is 11.3. The van der Waals surface area contributed by atoms with Gasteiger partial charge in [0.05, 0.1) is 13.0 Å². The van der Waals surface area contributed by atoms with Crippen molar-refractivity contribution in [3.63, 3.8) is 0 Å². The van der Waals surface area contributed by atoms with Crippen LogP contribution in [0.5, 0.6) is 5.75 Å². The summed E-state index contributed by atoms with van der Waals surface area (Å²) in [5.41, 5.74) is 7.64. The fourth-order valence-electron chi connectivity index (χ4n) is 1.69. The molecule has 0 saturated carbocycles. The first-order chi connectivity index (χ1) is 8.58. The van der Waals surface area contributed by atoms with Crippen LogP contribution < -0.4 is 15.8 Å². The van der Waals surface area contributed by atoms with Gasteiger partial charge in [0.2, 0.25) is 5.91 Å². The van der Waals surface area contributed by atoms with E-state index in [1.54, 1.807) is 0 Å². The van der Waals surface area contributed by atoms with Crippen LogP contribution in [-0.2, 0) is 11.3 Å². The van der Waals surface area contributed by atoms with Crippen molar-refractivity contribution in [1.29, 1.82) is 0 Å². The van der Waals surface area contributed by atoms with Crippen molar-refractivity contribution in [2.24, 2.45) is 5.73 Å². The average Bonchev–Trinajstić information content (AvgIpc) is 2.31. The third kappa shape index (κ3) is 4.31. The van der Waals surface area contributed by atoms with E-state index in [2.05, 4.69) is 21.2 Å². The largest absolute Gasteiger partial charge is 0.492 e. The second kappa shape index (κ2) is 7.38. The summed E-state index contributed by atoms with van der Waals surface area (Å²) in [5.74, 6) is 0.784. The summed E-state index contributed by atoms with van der Waals surface area (Å²) in [6, 6.07) is 3.91. The Morgan fingerprint density at radius 1 is 1.50 bits per heavy atom. The fraction of sp³-hybridized carbons (Fsp3) is 0.462. The van der Waals surface area contributed by atoms with E-state index < -0.39 is 0 Å². The molecule has 18 heavy (non-hydrogen) atoms. The van der Waals surface area contributed by atoms with E-state index in [-0.39, 0.29) is 5.91 Å². The van der Waals surface area contributed by atoms with Crippen LogP contribution in [0.15, 0.2) is 16.6 Å². The van der Waals surface area contributed by atoms with Crippen LogP contribution in [0, 0.1) is 6.92 Å². The molecular formula is C13H19BrN2O2. The van der Waals surface area contributed by atoms with Crippen molar-refractivity contribution in [1.82, 2.24) is 5.32 Å². The van der Waals surface area contributed by atoms with Gasteiger partial charge in [-0.15, -0.1) is 0 Å². The number of amides is 1. The summed E-state index contributed by atoms with van der Waals surface area (Å²) in [6.07, 6.45) is 0.355. The summed E-state index contributed by atoms with van der Waals surface area (Å²) in [7, 11) is 0. The first kappa shape index (κ1) is 15.0. The first-order valence-corrected chi connectivity index (χ1v) is 6.76. The Morgan fingerprint density at radius 3 is 2.83 bits per heavy atom. The van der Waals surface area contributed by atoms with Gasteiger partial charge in [-0.25, -0.2) is 0 Å². The van der Waals surface area contributed by atoms with Gasteiger partial charge in [-0.2, -0.15) is 0 Å². The predicted molar refractivity (Wildman–Crippen MR) is 75.6 cm³/mol. The van der Waals surface area contributed by atoms with Gasteiger partial charge >= 0.3 is 0 Å². The first-order valence-electron chi connectivity index (χ1n) is 5.97. The molecular weight excluding hydrogens is 296 g/mol. The standard InChI is InChI=1S/C13H19BrN2O2/c1-3-16-12(17)4-5-18-13-9(2)6-11(14)7-10(13)8-15/h6-7H,3-5,8,15H2,1-2H3,(H,16,17). The predicted octanol–water partition coefficient (Wildman–Crippen LogP) is 2.12. The van der Waals surface area contributed by atoms with Crippen molar-refractivity contribution in [3.8, 4) is 5.75 Å². The maximum Gasteiger partial charge on any atom is 0.223 e. The lowest BCUT2D eigenvalue weighted by Crippen LogP contribution is -2.24. The van der Waals surface area contributed by atoms with Gasteiger partial charge in [0, 0.05) is 23.1 Å². The highest BCUT2D eigenvalue weighted by Crippen LogP contribution is 2.27. The normalized spacial score (nSPS) is 10.2. The number of hydrogen-bond acceptors (Lipinski definition) is 3. The Labute approximate surface area is 116 Å². The molecule has 3 N–H and O–H groups in total. The van der Waals surface area contributed by atoms with E-state index in [4.69, 9.17) is 10.5 Å². The average molecular weight is 315 g/mol. The zero-order valence-electron chi connectivity index (χ0n) is 10.8. The number of benzene rings is 1. The van der Waals surface area contributed by atoms with Crippen molar-refractivity contribution in [2.75, 3.05) is 13.2 Å². The van der Waals surface area contributed by atoms with Gasteiger partial charge in [0.1, 0.15) is 5.75 Å². The third-order valence-electron chi connectivity index (χ3n) is 2.49. The van der Waals surface area contributed by atoms with Crippen LogP contribution in [0.4, 0.5) is 0 Å². The third-order valence-corrected chi connectivity index (χ3v) is 2.94. The zero-order chi connectivity index (χ0) is 13.5. The molecule has 1 aromatic carbocycles. The fourth-order valence-corrected chi connectivity index (χ4v) is 2.31. The van der Waals surface area contributed by atoms with Crippen molar-refractivity contribution < 1.29 is 9.53 Å². The van der Waals surface area contributed by atoms with Crippen molar-refractivity contribution >= 4 is 21.8 Å². The molecule has 1 amide bonds. The second-order valence-electron chi connectivity index (χ2n) is 3.97. The van der Waals surface area contributed by atoms with Crippen LogP contribution in [0.3, 0.4) is 0 Å². The Hall–Kier alpha value is -1.07. The van der Waals surface area contributed by atoms with Gasteiger partial charge in [-0.1, -0.05) is 15.9 Å². The Morgan fingerprint density at radius 2 is 2.22 bits per heavy atom.